The van der Waals surface area contributed by atoms with Crippen LogP contribution in [0.1, 0.15) is 17.5 Å². The first-order valence-corrected chi connectivity index (χ1v) is 8.48. The van der Waals surface area contributed by atoms with Crippen LogP contribution in [0, 0.1) is 5.41 Å². The Morgan fingerprint density at radius 3 is 2.87 bits per heavy atom. The molecule has 2 aliphatic heterocycles. The predicted molar refractivity (Wildman–Crippen MR) is 96.3 cm³/mol. The summed E-state index contributed by atoms with van der Waals surface area (Å²) in [6, 6.07) is 16.5. The SMILES string of the molecule is Clc1cccc(CN=C2Nc3ccccc3CC23CCNC3)c1. The van der Waals surface area contributed by atoms with E-state index >= 15 is 0 Å². The average molecular weight is 326 g/mol. The molecule has 2 N–H and O–H groups in total. The number of nitrogens with zero attached hydrogens (tertiary/aromatic N) is 1. The Labute approximate surface area is 141 Å². The van der Waals surface area contributed by atoms with Gasteiger partial charge in [-0.15, -0.1) is 0 Å². The lowest BCUT2D eigenvalue weighted by molar-refractivity contribution is 0.454. The third-order valence-corrected chi connectivity index (χ3v) is 5.09. The number of anilines is 1. The van der Waals surface area contributed by atoms with Crippen molar-refractivity contribution in [2.24, 2.45) is 10.4 Å². The van der Waals surface area contributed by atoms with Gasteiger partial charge in [0.2, 0.25) is 0 Å². The second-order valence-corrected chi connectivity index (χ2v) is 6.90. The third-order valence-electron chi connectivity index (χ3n) is 4.85. The molecular weight excluding hydrogens is 306 g/mol. The van der Waals surface area contributed by atoms with Crippen molar-refractivity contribution in [2.45, 2.75) is 19.4 Å². The molecule has 1 saturated heterocycles. The van der Waals surface area contributed by atoms with Crippen LogP contribution in [0.5, 0.6) is 0 Å². The number of fused-ring (bicyclic) bond motifs is 1. The summed E-state index contributed by atoms with van der Waals surface area (Å²) in [5.41, 5.74) is 3.83. The van der Waals surface area contributed by atoms with E-state index < -0.39 is 0 Å². The first kappa shape index (κ1) is 14.7. The summed E-state index contributed by atoms with van der Waals surface area (Å²) < 4.78 is 0. The minimum Gasteiger partial charge on any atom is -0.343 e. The highest BCUT2D eigenvalue weighted by atomic mass is 35.5. The van der Waals surface area contributed by atoms with Crippen LogP contribution in [0.4, 0.5) is 5.69 Å². The van der Waals surface area contributed by atoms with Crippen LogP contribution >= 0.6 is 11.6 Å². The summed E-state index contributed by atoms with van der Waals surface area (Å²) >= 11 is 6.08. The van der Waals surface area contributed by atoms with Gasteiger partial charge in [-0.25, -0.2) is 0 Å². The van der Waals surface area contributed by atoms with Gasteiger partial charge in [-0.3, -0.25) is 4.99 Å². The van der Waals surface area contributed by atoms with E-state index in [9.17, 15) is 0 Å². The molecule has 2 aromatic rings. The van der Waals surface area contributed by atoms with Crippen LogP contribution in [0.15, 0.2) is 53.5 Å². The summed E-state index contributed by atoms with van der Waals surface area (Å²) in [4.78, 5) is 4.94. The van der Waals surface area contributed by atoms with Gasteiger partial charge in [-0.05, 0) is 48.7 Å². The zero-order valence-corrected chi connectivity index (χ0v) is 13.7. The van der Waals surface area contributed by atoms with E-state index in [0.29, 0.717) is 6.54 Å². The lowest BCUT2D eigenvalue weighted by atomic mass is 9.76. The molecule has 2 aliphatic rings. The zero-order chi connectivity index (χ0) is 15.7. The van der Waals surface area contributed by atoms with Crippen molar-refractivity contribution in [3.05, 3.63) is 64.7 Å². The van der Waals surface area contributed by atoms with Gasteiger partial charge in [0, 0.05) is 22.7 Å². The molecular formula is C19H20ClN3. The Kier molecular flexibility index (Phi) is 3.83. The molecule has 0 saturated carbocycles. The molecule has 0 amide bonds. The zero-order valence-electron chi connectivity index (χ0n) is 13.0. The van der Waals surface area contributed by atoms with Gasteiger partial charge < -0.3 is 10.6 Å². The Hall–Kier alpha value is -1.84. The van der Waals surface area contributed by atoms with Crippen LogP contribution in [0.2, 0.25) is 5.02 Å². The van der Waals surface area contributed by atoms with Crippen LogP contribution in [0.25, 0.3) is 0 Å². The number of hydrogen-bond donors (Lipinski definition) is 2. The first-order valence-electron chi connectivity index (χ1n) is 8.10. The molecule has 1 fully saturated rings. The van der Waals surface area contributed by atoms with E-state index in [1.165, 1.54) is 11.3 Å². The van der Waals surface area contributed by atoms with Gasteiger partial charge >= 0.3 is 0 Å². The lowest BCUT2D eigenvalue weighted by Gasteiger charge is -2.36. The normalized spacial score (nSPS) is 24.7. The number of halogens is 1. The second-order valence-electron chi connectivity index (χ2n) is 6.46. The van der Waals surface area contributed by atoms with Gasteiger partial charge in [-0.2, -0.15) is 0 Å². The van der Waals surface area contributed by atoms with Gasteiger partial charge in [0.1, 0.15) is 5.84 Å². The minimum absolute atomic E-state index is 0.104. The van der Waals surface area contributed by atoms with Crippen LogP contribution in [-0.2, 0) is 13.0 Å². The minimum atomic E-state index is 0.104. The Morgan fingerprint density at radius 1 is 1.13 bits per heavy atom. The molecule has 4 heteroatoms. The molecule has 3 nitrogen and oxygen atoms in total. The highest BCUT2D eigenvalue weighted by Crippen LogP contribution is 2.38. The number of aliphatic imine (C=N–C) groups is 1. The number of amidine groups is 1. The molecule has 0 aromatic heterocycles. The number of nitrogens with one attached hydrogen (secondary N) is 2. The Morgan fingerprint density at radius 2 is 2.04 bits per heavy atom. The smallest absolute Gasteiger partial charge is 0.109 e. The van der Waals surface area contributed by atoms with E-state index in [1.54, 1.807) is 0 Å². The highest BCUT2D eigenvalue weighted by molar-refractivity contribution is 6.30. The lowest BCUT2D eigenvalue weighted by Crippen LogP contribution is -2.43. The summed E-state index contributed by atoms with van der Waals surface area (Å²) in [6.07, 6.45) is 2.18. The fraction of sp³-hybridized carbons (Fsp3) is 0.316. The fourth-order valence-corrected chi connectivity index (χ4v) is 3.83. The van der Waals surface area contributed by atoms with Gasteiger partial charge in [0.05, 0.1) is 6.54 Å². The standard InChI is InChI=1S/C19H20ClN3/c20-16-6-3-4-14(10-16)12-22-18-19(8-9-21-13-19)11-15-5-1-2-7-17(15)23-18/h1-7,10,21H,8-9,11-13H2,(H,22,23). The van der Waals surface area contributed by atoms with Crippen molar-refractivity contribution in [3.8, 4) is 0 Å². The van der Waals surface area contributed by atoms with Crippen molar-refractivity contribution < 1.29 is 0 Å². The topological polar surface area (TPSA) is 36.4 Å². The van der Waals surface area contributed by atoms with Crippen LogP contribution in [-0.4, -0.2) is 18.9 Å². The van der Waals surface area contributed by atoms with Crippen molar-refractivity contribution in [1.82, 2.24) is 5.32 Å². The quantitative estimate of drug-likeness (QED) is 0.879. The molecule has 23 heavy (non-hydrogen) atoms. The maximum atomic E-state index is 6.08. The maximum Gasteiger partial charge on any atom is 0.109 e. The van der Waals surface area contributed by atoms with E-state index in [-0.39, 0.29) is 5.41 Å². The van der Waals surface area contributed by atoms with Crippen LogP contribution in [0.3, 0.4) is 0 Å². The van der Waals surface area contributed by atoms with E-state index in [1.807, 2.05) is 18.2 Å². The van der Waals surface area contributed by atoms with Crippen molar-refractivity contribution in [1.29, 1.82) is 0 Å². The largest absolute Gasteiger partial charge is 0.343 e. The maximum absolute atomic E-state index is 6.08. The summed E-state index contributed by atoms with van der Waals surface area (Å²) in [5, 5.41) is 7.87. The number of benzene rings is 2. The number of para-hydroxylation sites is 1. The molecule has 0 aliphatic carbocycles. The second kappa shape index (κ2) is 5.99. The van der Waals surface area contributed by atoms with E-state index in [0.717, 1.165) is 42.4 Å². The van der Waals surface area contributed by atoms with Gasteiger partial charge in [0.25, 0.3) is 0 Å². The monoisotopic (exact) mass is 325 g/mol. The molecule has 0 radical (unpaired) electrons. The van der Waals surface area contributed by atoms with Gasteiger partial charge in [-0.1, -0.05) is 41.9 Å². The van der Waals surface area contributed by atoms with Crippen molar-refractivity contribution >= 4 is 23.1 Å². The molecule has 2 heterocycles. The van der Waals surface area contributed by atoms with Crippen molar-refractivity contribution in [3.63, 3.8) is 0 Å². The molecule has 1 unspecified atom stereocenters. The first-order chi connectivity index (χ1) is 11.3. The number of hydrogen-bond acceptors (Lipinski definition) is 2. The molecule has 0 bridgehead atoms. The molecule has 118 valence electrons. The number of rotatable bonds is 2. The summed E-state index contributed by atoms with van der Waals surface area (Å²) in [5.74, 6) is 1.11. The summed E-state index contributed by atoms with van der Waals surface area (Å²) in [6.45, 7) is 2.70. The fourth-order valence-electron chi connectivity index (χ4n) is 3.61. The molecule has 2 aromatic carbocycles. The molecule has 4 rings (SSSR count). The van der Waals surface area contributed by atoms with Crippen molar-refractivity contribution in [2.75, 3.05) is 18.4 Å². The molecule has 1 atom stereocenters. The Balaban J connectivity index is 1.66. The van der Waals surface area contributed by atoms with E-state index in [2.05, 4.69) is 41.0 Å². The Bertz CT molecular complexity index is 748. The predicted octanol–water partition coefficient (Wildman–Crippen LogP) is 3.89. The molecule has 1 spiro atoms. The van der Waals surface area contributed by atoms with E-state index in [4.69, 9.17) is 16.6 Å². The average Bonchev–Trinajstić information content (AvgIpc) is 3.02. The van der Waals surface area contributed by atoms with Gasteiger partial charge in [0.15, 0.2) is 0 Å². The highest BCUT2D eigenvalue weighted by Gasteiger charge is 2.42. The van der Waals surface area contributed by atoms with Crippen LogP contribution < -0.4 is 10.6 Å². The third kappa shape index (κ3) is 2.87. The summed E-state index contributed by atoms with van der Waals surface area (Å²) in [7, 11) is 0.